The number of anilines is 1. The van der Waals surface area contributed by atoms with Crippen LogP contribution in [0.3, 0.4) is 0 Å². The van der Waals surface area contributed by atoms with E-state index in [0.29, 0.717) is 22.5 Å². The van der Waals surface area contributed by atoms with Crippen LogP contribution in [0, 0.1) is 5.82 Å². The molecule has 7 nitrogen and oxygen atoms in total. The van der Waals surface area contributed by atoms with E-state index < -0.39 is 27.3 Å². The molecule has 0 bridgehead atoms. The van der Waals surface area contributed by atoms with Crippen molar-refractivity contribution in [2.24, 2.45) is 0 Å². The standard InChI is InChI=1S/C18H17ClFN3O4S/c1-3-10(2)23-28(25,26)12-5-6-14(20)13(9-12)17(24)22-18-21-15-7-4-11(19)8-16(15)27-18/h4-10,23H,3H2,1-2H3,(H,21,22,24). The fourth-order valence-electron chi connectivity index (χ4n) is 2.38. The number of nitrogens with zero attached hydrogens (tertiary/aromatic N) is 1. The highest BCUT2D eigenvalue weighted by Gasteiger charge is 2.22. The third-order valence-electron chi connectivity index (χ3n) is 4.03. The van der Waals surface area contributed by atoms with E-state index in [1.807, 2.05) is 6.92 Å². The molecule has 3 rings (SSSR count). The van der Waals surface area contributed by atoms with Crippen LogP contribution in [0.5, 0.6) is 0 Å². The quantitative estimate of drug-likeness (QED) is 0.622. The highest BCUT2D eigenvalue weighted by molar-refractivity contribution is 7.89. The second kappa shape index (κ2) is 7.86. The van der Waals surface area contributed by atoms with E-state index in [2.05, 4.69) is 15.0 Å². The van der Waals surface area contributed by atoms with Crippen molar-refractivity contribution in [1.82, 2.24) is 9.71 Å². The number of hydrogen-bond donors (Lipinski definition) is 2. The topological polar surface area (TPSA) is 101 Å². The van der Waals surface area contributed by atoms with E-state index in [0.717, 1.165) is 18.2 Å². The average Bonchev–Trinajstić information content (AvgIpc) is 3.02. The molecular formula is C18H17ClFN3O4S. The summed E-state index contributed by atoms with van der Waals surface area (Å²) in [5.41, 5.74) is 0.346. The maximum atomic E-state index is 14.2. The van der Waals surface area contributed by atoms with Gasteiger partial charge in [0.25, 0.3) is 5.91 Å². The van der Waals surface area contributed by atoms with Crippen LogP contribution in [0.1, 0.15) is 30.6 Å². The maximum absolute atomic E-state index is 14.2. The van der Waals surface area contributed by atoms with Crippen molar-refractivity contribution in [1.29, 1.82) is 0 Å². The number of benzene rings is 2. The van der Waals surface area contributed by atoms with Crippen LogP contribution in [0.25, 0.3) is 11.1 Å². The Morgan fingerprint density at radius 2 is 2.04 bits per heavy atom. The first-order chi connectivity index (χ1) is 13.2. The predicted octanol–water partition coefficient (Wildman–Crippen LogP) is 3.95. The Morgan fingerprint density at radius 1 is 1.29 bits per heavy atom. The molecule has 1 atom stereocenters. The van der Waals surface area contributed by atoms with Gasteiger partial charge in [-0.25, -0.2) is 17.5 Å². The number of oxazole rings is 1. The molecule has 0 saturated heterocycles. The molecule has 1 heterocycles. The number of amides is 1. The van der Waals surface area contributed by atoms with Crippen molar-refractivity contribution in [3.05, 3.63) is 52.8 Å². The van der Waals surface area contributed by atoms with E-state index >= 15 is 0 Å². The highest BCUT2D eigenvalue weighted by atomic mass is 35.5. The molecule has 0 radical (unpaired) electrons. The molecule has 28 heavy (non-hydrogen) atoms. The lowest BCUT2D eigenvalue weighted by Gasteiger charge is -2.13. The van der Waals surface area contributed by atoms with Crippen LogP contribution in [-0.2, 0) is 10.0 Å². The van der Waals surface area contributed by atoms with Gasteiger partial charge >= 0.3 is 6.01 Å². The van der Waals surface area contributed by atoms with Gasteiger partial charge in [0.05, 0.1) is 10.5 Å². The molecule has 0 aliphatic heterocycles. The number of sulfonamides is 1. The van der Waals surface area contributed by atoms with E-state index in [-0.39, 0.29) is 17.0 Å². The molecule has 10 heteroatoms. The predicted molar refractivity (Wildman–Crippen MR) is 103 cm³/mol. The molecule has 1 aromatic heterocycles. The Balaban J connectivity index is 1.88. The van der Waals surface area contributed by atoms with Crippen LogP contribution >= 0.6 is 11.6 Å². The fourth-order valence-corrected chi connectivity index (χ4v) is 3.89. The minimum atomic E-state index is -3.89. The smallest absolute Gasteiger partial charge is 0.302 e. The van der Waals surface area contributed by atoms with E-state index in [1.54, 1.807) is 19.1 Å². The molecule has 148 valence electrons. The van der Waals surface area contributed by atoms with Gasteiger partial charge in [0.2, 0.25) is 10.0 Å². The number of hydrogen-bond acceptors (Lipinski definition) is 5. The van der Waals surface area contributed by atoms with Gasteiger partial charge < -0.3 is 4.42 Å². The average molecular weight is 426 g/mol. The summed E-state index contributed by atoms with van der Waals surface area (Å²) >= 11 is 5.87. The Kier molecular flexibility index (Phi) is 5.69. The lowest BCUT2D eigenvalue weighted by atomic mass is 10.2. The summed E-state index contributed by atoms with van der Waals surface area (Å²) in [5.74, 6) is -1.77. The van der Waals surface area contributed by atoms with Crippen LogP contribution in [0.15, 0.2) is 45.7 Å². The molecule has 2 aromatic carbocycles. The van der Waals surface area contributed by atoms with Crippen LogP contribution < -0.4 is 10.0 Å². The van der Waals surface area contributed by atoms with Gasteiger partial charge in [-0.3, -0.25) is 10.1 Å². The largest absolute Gasteiger partial charge is 0.423 e. The van der Waals surface area contributed by atoms with Crippen molar-refractivity contribution in [2.45, 2.75) is 31.2 Å². The third kappa shape index (κ3) is 4.32. The summed E-state index contributed by atoms with van der Waals surface area (Å²) in [7, 11) is -3.89. The van der Waals surface area contributed by atoms with Gasteiger partial charge in [-0.05, 0) is 43.7 Å². The van der Waals surface area contributed by atoms with Gasteiger partial charge in [-0.2, -0.15) is 4.98 Å². The normalized spacial score (nSPS) is 12.9. The molecule has 1 amide bonds. The number of nitrogens with one attached hydrogen (secondary N) is 2. The minimum absolute atomic E-state index is 0.160. The SMILES string of the molecule is CCC(C)NS(=O)(=O)c1ccc(F)c(C(=O)Nc2nc3ccc(Cl)cc3o2)c1. The Labute approximate surface area is 165 Å². The zero-order valence-corrected chi connectivity index (χ0v) is 16.6. The number of aromatic nitrogens is 1. The Hall–Kier alpha value is -2.49. The second-order valence-corrected chi connectivity index (χ2v) is 8.31. The third-order valence-corrected chi connectivity index (χ3v) is 5.85. The molecule has 2 N–H and O–H groups in total. The maximum Gasteiger partial charge on any atom is 0.302 e. The summed E-state index contributed by atoms with van der Waals surface area (Å²) in [4.78, 5) is 16.3. The number of fused-ring (bicyclic) bond motifs is 1. The molecule has 1 unspecified atom stereocenters. The zero-order chi connectivity index (χ0) is 20.5. The van der Waals surface area contributed by atoms with Crippen molar-refractivity contribution < 1.29 is 22.0 Å². The van der Waals surface area contributed by atoms with Gasteiger partial charge in [-0.15, -0.1) is 0 Å². The fraction of sp³-hybridized carbons (Fsp3) is 0.222. The molecule has 0 fully saturated rings. The number of rotatable bonds is 6. The summed E-state index contributed by atoms with van der Waals surface area (Å²) in [6, 6.07) is 7.25. The Bertz CT molecular complexity index is 1150. The van der Waals surface area contributed by atoms with Gasteiger partial charge in [0.1, 0.15) is 11.3 Å². The lowest BCUT2D eigenvalue weighted by molar-refractivity contribution is 0.102. The molecule has 0 saturated carbocycles. The van der Waals surface area contributed by atoms with Crippen LogP contribution in [0.4, 0.5) is 10.4 Å². The summed E-state index contributed by atoms with van der Waals surface area (Å²) in [5, 5.41) is 2.75. The monoisotopic (exact) mass is 425 g/mol. The van der Waals surface area contributed by atoms with Crippen LogP contribution in [0.2, 0.25) is 5.02 Å². The second-order valence-electron chi connectivity index (χ2n) is 6.16. The first kappa shape index (κ1) is 20.2. The first-order valence-electron chi connectivity index (χ1n) is 8.39. The lowest BCUT2D eigenvalue weighted by Crippen LogP contribution is -2.32. The van der Waals surface area contributed by atoms with Crippen molar-refractivity contribution in [3.8, 4) is 0 Å². The molecule has 3 aromatic rings. The van der Waals surface area contributed by atoms with Gasteiger partial charge in [0, 0.05) is 17.1 Å². The zero-order valence-electron chi connectivity index (χ0n) is 15.0. The molecule has 0 aliphatic carbocycles. The first-order valence-corrected chi connectivity index (χ1v) is 10.2. The number of halogens is 2. The van der Waals surface area contributed by atoms with Gasteiger partial charge in [0.15, 0.2) is 5.58 Å². The Morgan fingerprint density at radius 3 is 2.75 bits per heavy atom. The van der Waals surface area contributed by atoms with Crippen molar-refractivity contribution in [3.63, 3.8) is 0 Å². The van der Waals surface area contributed by atoms with Crippen LogP contribution in [-0.4, -0.2) is 25.4 Å². The molecule has 0 spiro atoms. The summed E-state index contributed by atoms with van der Waals surface area (Å²) in [6.45, 7) is 3.53. The van der Waals surface area contributed by atoms with Gasteiger partial charge in [-0.1, -0.05) is 18.5 Å². The minimum Gasteiger partial charge on any atom is -0.423 e. The van der Waals surface area contributed by atoms with E-state index in [1.165, 1.54) is 6.07 Å². The van der Waals surface area contributed by atoms with E-state index in [9.17, 15) is 17.6 Å². The molecular weight excluding hydrogens is 409 g/mol. The van der Waals surface area contributed by atoms with Crippen molar-refractivity contribution >= 4 is 44.6 Å². The summed E-state index contributed by atoms with van der Waals surface area (Å²) < 4.78 is 46.7. The highest BCUT2D eigenvalue weighted by Crippen LogP contribution is 2.23. The van der Waals surface area contributed by atoms with Crippen molar-refractivity contribution in [2.75, 3.05) is 5.32 Å². The number of carbonyl (C=O) groups excluding carboxylic acids is 1. The molecule has 0 aliphatic rings. The van der Waals surface area contributed by atoms with E-state index in [4.69, 9.17) is 16.0 Å². The summed E-state index contributed by atoms with van der Waals surface area (Å²) in [6.07, 6.45) is 0.579. The number of carbonyl (C=O) groups is 1.